The minimum absolute atomic E-state index is 0.151. The molecule has 1 aliphatic rings. The van der Waals surface area contributed by atoms with Crippen LogP contribution in [0.15, 0.2) is 0 Å². The molecule has 7 heteroatoms. The second kappa shape index (κ2) is 5.56. The minimum Gasteiger partial charge on any atom is -0.350 e. The third-order valence-corrected chi connectivity index (χ3v) is 3.68. The van der Waals surface area contributed by atoms with Gasteiger partial charge in [0, 0.05) is 25.7 Å². The molecule has 1 aromatic heterocycles. The zero-order chi connectivity index (χ0) is 14.0. The number of hydrogen-bond acceptors (Lipinski definition) is 5. The van der Waals surface area contributed by atoms with Crippen LogP contribution in [-0.4, -0.2) is 40.9 Å². The number of likely N-dealkylation sites (N-methyl/N-ethyl adjacent to an activating group) is 1. The number of piperidine rings is 1. The molecule has 1 aliphatic heterocycles. The van der Waals surface area contributed by atoms with E-state index in [1.165, 1.54) is 0 Å². The van der Waals surface area contributed by atoms with Crippen molar-refractivity contribution in [3.05, 3.63) is 15.8 Å². The Hall–Kier alpha value is -1.63. The third kappa shape index (κ3) is 2.56. The van der Waals surface area contributed by atoms with E-state index >= 15 is 0 Å². The first-order valence-corrected chi connectivity index (χ1v) is 6.72. The zero-order valence-electron chi connectivity index (χ0n) is 11.7. The van der Waals surface area contributed by atoms with Crippen LogP contribution in [0.1, 0.15) is 25.5 Å². The summed E-state index contributed by atoms with van der Waals surface area (Å²) in [4.78, 5) is 13.1. The van der Waals surface area contributed by atoms with Gasteiger partial charge in [-0.05, 0) is 33.7 Å². The molecular weight excluding hydrogens is 246 g/mol. The van der Waals surface area contributed by atoms with Crippen molar-refractivity contribution < 1.29 is 4.92 Å². The number of nitro groups is 1. The van der Waals surface area contributed by atoms with Crippen molar-refractivity contribution in [1.29, 1.82) is 0 Å². The lowest BCUT2D eigenvalue weighted by Crippen LogP contribution is -2.45. The quantitative estimate of drug-likeness (QED) is 0.657. The number of aryl methyl sites for hydroxylation is 2. The van der Waals surface area contributed by atoms with E-state index in [9.17, 15) is 10.1 Å². The second-order valence-electron chi connectivity index (χ2n) is 4.90. The van der Waals surface area contributed by atoms with E-state index in [1.807, 2.05) is 14.0 Å². The predicted octanol–water partition coefficient (Wildman–Crippen LogP) is 1.31. The van der Waals surface area contributed by atoms with Crippen molar-refractivity contribution in [2.75, 3.05) is 25.0 Å². The SMILES string of the molecule is CCn1nc(C)c([N+](=O)[O-])c1N1CCCC(NC)C1. The Kier molecular flexibility index (Phi) is 4.04. The maximum Gasteiger partial charge on any atom is 0.333 e. The van der Waals surface area contributed by atoms with Gasteiger partial charge in [-0.1, -0.05) is 0 Å². The first-order valence-electron chi connectivity index (χ1n) is 6.72. The van der Waals surface area contributed by atoms with Crippen LogP contribution in [0.25, 0.3) is 0 Å². The van der Waals surface area contributed by atoms with Crippen molar-refractivity contribution in [3.8, 4) is 0 Å². The molecule has 106 valence electrons. The topological polar surface area (TPSA) is 76.2 Å². The molecule has 1 saturated heterocycles. The Morgan fingerprint density at radius 3 is 2.89 bits per heavy atom. The summed E-state index contributed by atoms with van der Waals surface area (Å²) in [6.07, 6.45) is 2.15. The van der Waals surface area contributed by atoms with Gasteiger partial charge in [0.2, 0.25) is 5.82 Å². The maximum atomic E-state index is 11.3. The average molecular weight is 267 g/mol. The van der Waals surface area contributed by atoms with Crippen LogP contribution in [0.3, 0.4) is 0 Å². The van der Waals surface area contributed by atoms with Crippen LogP contribution in [0.4, 0.5) is 11.5 Å². The van der Waals surface area contributed by atoms with Crippen LogP contribution in [0, 0.1) is 17.0 Å². The Balaban J connectivity index is 2.39. The van der Waals surface area contributed by atoms with Gasteiger partial charge in [-0.25, -0.2) is 4.68 Å². The largest absolute Gasteiger partial charge is 0.350 e. The normalized spacial score (nSPS) is 19.7. The highest BCUT2D eigenvalue weighted by molar-refractivity contribution is 5.61. The van der Waals surface area contributed by atoms with E-state index in [4.69, 9.17) is 0 Å². The van der Waals surface area contributed by atoms with Gasteiger partial charge in [-0.3, -0.25) is 10.1 Å². The Bertz CT molecular complexity index is 471. The lowest BCUT2D eigenvalue weighted by atomic mass is 10.1. The molecule has 1 fully saturated rings. The van der Waals surface area contributed by atoms with Gasteiger partial charge in [-0.15, -0.1) is 0 Å². The van der Waals surface area contributed by atoms with Gasteiger partial charge in [-0.2, -0.15) is 5.10 Å². The van der Waals surface area contributed by atoms with Gasteiger partial charge in [0.15, 0.2) is 0 Å². The first kappa shape index (κ1) is 13.8. The highest BCUT2D eigenvalue weighted by Gasteiger charge is 2.31. The molecule has 1 aromatic rings. The molecule has 0 amide bonds. The molecule has 19 heavy (non-hydrogen) atoms. The molecule has 0 saturated carbocycles. The van der Waals surface area contributed by atoms with E-state index in [0.717, 1.165) is 25.9 Å². The highest BCUT2D eigenvalue weighted by atomic mass is 16.6. The van der Waals surface area contributed by atoms with E-state index in [0.29, 0.717) is 24.1 Å². The Morgan fingerprint density at radius 2 is 2.32 bits per heavy atom. The summed E-state index contributed by atoms with van der Waals surface area (Å²) in [7, 11) is 1.94. The average Bonchev–Trinajstić information content (AvgIpc) is 2.75. The minimum atomic E-state index is -0.313. The molecule has 7 nitrogen and oxygen atoms in total. The molecule has 0 bridgehead atoms. The Labute approximate surface area is 112 Å². The van der Waals surface area contributed by atoms with Gasteiger partial charge in [0.05, 0.1) is 4.92 Å². The fraction of sp³-hybridized carbons (Fsp3) is 0.750. The number of nitrogens with zero attached hydrogens (tertiary/aromatic N) is 4. The Morgan fingerprint density at radius 1 is 1.58 bits per heavy atom. The van der Waals surface area contributed by atoms with E-state index in [1.54, 1.807) is 11.6 Å². The number of anilines is 1. The standard InChI is InChI=1S/C12H21N5O2/c1-4-16-12(11(17(18)19)9(2)14-16)15-7-5-6-10(8-15)13-3/h10,13H,4-8H2,1-3H3. The molecular formula is C12H21N5O2. The van der Waals surface area contributed by atoms with E-state index in [2.05, 4.69) is 15.3 Å². The zero-order valence-corrected chi connectivity index (χ0v) is 11.7. The number of nitrogens with one attached hydrogen (secondary N) is 1. The summed E-state index contributed by atoms with van der Waals surface area (Å²) in [5.74, 6) is 0.657. The van der Waals surface area contributed by atoms with Crippen molar-refractivity contribution in [1.82, 2.24) is 15.1 Å². The van der Waals surface area contributed by atoms with Gasteiger partial charge >= 0.3 is 5.69 Å². The monoisotopic (exact) mass is 267 g/mol. The fourth-order valence-corrected chi connectivity index (χ4v) is 2.71. The molecule has 1 atom stereocenters. The van der Waals surface area contributed by atoms with Crippen molar-refractivity contribution in [2.45, 2.75) is 39.3 Å². The van der Waals surface area contributed by atoms with Crippen LogP contribution in [0.5, 0.6) is 0 Å². The van der Waals surface area contributed by atoms with Gasteiger partial charge < -0.3 is 10.2 Å². The summed E-state index contributed by atoms with van der Waals surface area (Å²) in [5, 5.41) is 18.8. The molecule has 0 aromatic carbocycles. The summed E-state index contributed by atoms with van der Waals surface area (Å²) < 4.78 is 1.74. The number of hydrogen-bond donors (Lipinski definition) is 1. The van der Waals surface area contributed by atoms with E-state index in [-0.39, 0.29) is 10.6 Å². The number of rotatable bonds is 4. The molecule has 0 aliphatic carbocycles. The van der Waals surface area contributed by atoms with Crippen molar-refractivity contribution in [2.24, 2.45) is 0 Å². The van der Waals surface area contributed by atoms with Crippen molar-refractivity contribution in [3.63, 3.8) is 0 Å². The van der Waals surface area contributed by atoms with Gasteiger partial charge in [0.1, 0.15) is 5.69 Å². The summed E-state index contributed by atoms with van der Waals surface area (Å²) >= 11 is 0. The molecule has 0 spiro atoms. The molecule has 1 unspecified atom stereocenters. The summed E-state index contributed by atoms with van der Waals surface area (Å²) in [6.45, 7) is 5.95. The third-order valence-electron chi connectivity index (χ3n) is 3.68. The van der Waals surface area contributed by atoms with Crippen LogP contribution >= 0.6 is 0 Å². The van der Waals surface area contributed by atoms with E-state index < -0.39 is 0 Å². The molecule has 2 rings (SSSR count). The first-order chi connectivity index (χ1) is 9.08. The van der Waals surface area contributed by atoms with Crippen LogP contribution < -0.4 is 10.2 Å². The molecule has 0 radical (unpaired) electrons. The smallest absolute Gasteiger partial charge is 0.333 e. The highest BCUT2D eigenvalue weighted by Crippen LogP contribution is 2.33. The van der Waals surface area contributed by atoms with Crippen molar-refractivity contribution >= 4 is 11.5 Å². The predicted molar refractivity (Wildman–Crippen MR) is 73.6 cm³/mol. The van der Waals surface area contributed by atoms with Gasteiger partial charge in [0.25, 0.3) is 0 Å². The second-order valence-corrected chi connectivity index (χ2v) is 4.90. The van der Waals surface area contributed by atoms with Crippen LogP contribution in [-0.2, 0) is 6.54 Å². The molecule has 1 N–H and O–H groups in total. The number of aromatic nitrogens is 2. The maximum absolute atomic E-state index is 11.3. The van der Waals surface area contributed by atoms with Crippen LogP contribution in [0.2, 0.25) is 0 Å². The summed E-state index contributed by atoms with van der Waals surface area (Å²) in [6, 6.07) is 0.383. The summed E-state index contributed by atoms with van der Waals surface area (Å²) in [5.41, 5.74) is 0.645. The lowest BCUT2D eigenvalue weighted by molar-refractivity contribution is -0.384. The lowest BCUT2D eigenvalue weighted by Gasteiger charge is -2.33. The molecule has 2 heterocycles. The fourth-order valence-electron chi connectivity index (χ4n) is 2.71.